The van der Waals surface area contributed by atoms with Crippen molar-refractivity contribution in [1.29, 1.82) is 0 Å². The Labute approximate surface area is 137 Å². The van der Waals surface area contributed by atoms with Gasteiger partial charge in [0.25, 0.3) is 0 Å². The van der Waals surface area contributed by atoms with Crippen LogP contribution in [0, 0.1) is 0 Å². The van der Waals surface area contributed by atoms with Crippen LogP contribution in [0.3, 0.4) is 0 Å². The lowest BCUT2D eigenvalue weighted by Gasteiger charge is -2.15. The summed E-state index contributed by atoms with van der Waals surface area (Å²) < 4.78 is 5.14. The van der Waals surface area contributed by atoms with Crippen LogP contribution >= 0.6 is 0 Å². The fraction of sp³-hybridized carbons (Fsp3) is 0.316. The number of carbonyl (C=O) groups excluding carboxylic acids is 1. The summed E-state index contributed by atoms with van der Waals surface area (Å²) in [5, 5.41) is 2.87. The molecule has 122 valence electrons. The number of benzene rings is 1. The first-order valence-electron chi connectivity index (χ1n) is 8.12. The second-order valence-electron chi connectivity index (χ2n) is 5.52. The van der Waals surface area contributed by atoms with Gasteiger partial charge in [-0.3, -0.25) is 4.79 Å². The third kappa shape index (κ3) is 5.75. The highest BCUT2D eigenvalue weighted by Gasteiger charge is 2.04. The van der Waals surface area contributed by atoms with E-state index in [2.05, 4.69) is 43.4 Å². The van der Waals surface area contributed by atoms with Crippen molar-refractivity contribution in [2.45, 2.75) is 26.9 Å². The molecule has 2 rings (SSSR count). The molecule has 0 aliphatic carbocycles. The van der Waals surface area contributed by atoms with Crippen LogP contribution in [0.4, 0.5) is 0 Å². The van der Waals surface area contributed by atoms with Crippen LogP contribution in [0.2, 0.25) is 0 Å². The van der Waals surface area contributed by atoms with E-state index in [1.54, 1.807) is 29.4 Å². The van der Waals surface area contributed by atoms with E-state index >= 15 is 0 Å². The largest absolute Gasteiger partial charge is 0.465 e. The van der Waals surface area contributed by atoms with E-state index in [9.17, 15) is 4.79 Å². The molecular weight excluding hydrogens is 288 g/mol. The molecule has 0 aliphatic heterocycles. The molecule has 0 unspecified atom stereocenters. The molecule has 0 saturated heterocycles. The standard InChI is InChI=1S/C19H24N2O2/c1-3-21(4-2)15-17-9-7-16(8-10-17)14-20-19(22)12-11-18-6-5-13-23-18/h5-13H,3-4,14-15H2,1-2H3,(H,20,22)/p+1/b12-11+. The number of nitrogens with one attached hydrogen (secondary N) is 2. The van der Waals surface area contributed by atoms with Crippen LogP contribution in [0.15, 0.2) is 53.2 Å². The van der Waals surface area contributed by atoms with Crippen molar-refractivity contribution >= 4 is 12.0 Å². The van der Waals surface area contributed by atoms with E-state index in [1.807, 2.05) is 0 Å². The second-order valence-corrected chi connectivity index (χ2v) is 5.52. The predicted octanol–water partition coefficient (Wildman–Crippen LogP) is 2.03. The zero-order chi connectivity index (χ0) is 16.5. The van der Waals surface area contributed by atoms with Gasteiger partial charge in [-0.05, 0) is 37.6 Å². The van der Waals surface area contributed by atoms with Gasteiger partial charge in [-0.15, -0.1) is 0 Å². The first kappa shape index (κ1) is 17.0. The van der Waals surface area contributed by atoms with Crippen molar-refractivity contribution in [2.24, 2.45) is 0 Å². The molecule has 0 spiro atoms. The van der Waals surface area contributed by atoms with Gasteiger partial charge >= 0.3 is 0 Å². The van der Waals surface area contributed by atoms with Gasteiger partial charge in [0.2, 0.25) is 5.91 Å². The molecule has 1 amide bonds. The minimum Gasteiger partial charge on any atom is -0.465 e. The maximum absolute atomic E-state index is 11.8. The zero-order valence-corrected chi connectivity index (χ0v) is 13.8. The van der Waals surface area contributed by atoms with E-state index < -0.39 is 0 Å². The number of carbonyl (C=O) groups is 1. The molecule has 2 aromatic rings. The molecule has 0 aliphatic rings. The molecule has 1 aromatic carbocycles. The van der Waals surface area contributed by atoms with Gasteiger partial charge in [-0.1, -0.05) is 24.3 Å². The fourth-order valence-corrected chi connectivity index (χ4v) is 2.36. The molecule has 0 radical (unpaired) electrons. The molecule has 0 saturated carbocycles. The molecule has 4 nitrogen and oxygen atoms in total. The van der Waals surface area contributed by atoms with Crippen molar-refractivity contribution in [1.82, 2.24) is 5.32 Å². The Hall–Kier alpha value is -2.33. The lowest BCUT2D eigenvalue weighted by molar-refractivity contribution is -0.910. The molecule has 1 heterocycles. The number of hydrogen-bond donors (Lipinski definition) is 2. The molecular formula is C19H25N2O2+. The molecule has 0 bridgehead atoms. The Morgan fingerprint density at radius 1 is 1.13 bits per heavy atom. The van der Waals surface area contributed by atoms with Gasteiger partial charge in [0.1, 0.15) is 12.3 Å². The van der Waals surface area contributed by atoms with Crippen LogP contribution < -0.4 is 10.2 Å². The maximum atomic E-state index is 11.8. The Kier molecular flexibility index (Phi) is 6.63. The highest BCUT2D eigenvalue weighted by Crippen LogP contribution is 2.04. The first-order chi connectivity index (χ1) is 11.2. The number of amides is 1. The fourth-order valence-electron chi connectivity index (χ4n) is 2.36. The van der Waals surface area contributed by atoms with Crippen LogP contribution in [0.5, 0.6) is 0 Å². The molecule has 0 fully saturated rings. The second kappa shape index (κ2) is 8.96. The Bertz CT molecular complexity index is 611. The normalized spacial score (nSPS) is 11.3. The molecule has 4 heteroatoms. The summed E-state index contributed by atoms with van der Waals surface area (Å²) in [7, 11) is 0. The lowest BCUT2D eigenvalue weighted by atomic mass is 10.1. The summed E-state index contributed by atoms with van der Waals surface area (Å²) in [5.41, 5.74) is 2.43. The third-order valence-corrected chi connectivity index (χ3v) is 3.89. The number of furan rings is 1. The predicted molar refractivity (Wildman–Crippen MR) is 91.8 cm³/mol. The van der Waals surface area contributed by atoms with Crippen LogP contribution in [0.1, 0.15) is 30.7 Å². The van der Waals surface area contributed by atoms with Gasteiger partial charge in [0, 0.05) is 18.2 Å². The highest BCUT2D eigenvalue weighted by atomic mass is 16.3. The Morgan fingerprint density at radius 2 is 1.83 bits per heavy atom. The number of rotatable bonds is 8. The zero-order valence-electron chi connectivity index (χ0n) is 13.8. The minimum atomic E-state index is -0.127. The Morgan fingerprint density at radius 3 is 2.43 bits per heavy atom. The quantitative estimate of drug-likeness (QED) is 0.733. The van der Waals surface area contributed by atoms with E-state index in [4.69, 9.17) is 4.42 Å². The van der Waals surface area contributed by atoms with Gasteiger partial charge in [-0.25, -0.2) is 0 Å². The summed E-state index contributed by atoms with van der Waals surface area (Å²) >= 11 is 0. The summed E-state index contributed by atoms with van der Waals surface area (Å²) in [6.07, 6.45) is 4.72. The van der Waals surface area contributed by atoms with Crippen molar-refractivity contribution in [3.05, 3.63) is 65.6 Å². The van der Waals surface area contributed by atoms with Crippen molar-refractivity contribution in [3.63, 3.8) is 0 Å². The number of quaternary nitrogens is 1. The van der Waals surface area contributed by atoms with E-state index in [0.29, 0.717) is 12.3 Å². The lowest BCUT2D eigenvalue weighted by Crippen LogP contribution is -3.10. The van der Waals surface area contributed by atoms with Gasteiger partial charge < -0.3 is 14.6 Å². The van der Waals surface area contributed by atoms with Crippen molar-refractivity contribution < 1.29 is 14.1 Å². The van der Waals surface area contributed by atoms with Crippen molar-refractivity contribution in [3.8, 4) is 0 Å². The van der Waals surface area contributed by atoms with Gasteiger partial charge in [0.15, 0.2) is 0 Å². The third-order valence-electron chi connectivity index (χ3n) is 3.89. The summed E-state index contributed by atoms with van der Waals surface area (Å²) in [4.78, 5) is 13.3. The number of hydrogen-bond acceptors (Lipinski definition) is 2. The topological polar surface area (TPSA) is 46.7 Å². The average molecular weight is 313 g/mol. The monoisotopic (exact) mass is 313 g/mol. The Balaban J connectivity index is 1.80. The SMILES string of the molecule is CC[NH+](CC)Cc1ccc(CNC(=O)/C=C/c2ccco2)cc1. The molecule has 0 atom stereocenters. The maximum Gasteiger partial charge on any atom is 0.244 e. The highest BCUT2D eigenvalue weighted by molar-refractivity contribution is 5.91. The molecule has 23 heavy (non-hydrogen) atoms. The van der Waals surface area contributed by atoms with Crippen LogP contribution in [0.25, 0.3) is 6.08 Å². The van der Waals surface area contributed by atoms with Gasteiger partial charge in [-0.2, -0.15) is 0 Å². The van der Waals surface area contributed by atoms with E-state index in [0.717, 1.165) is 25.2 Å². The summed E-state index contributed by atoms with van der Waals surface area (Å²) in [6.45, 7) is 8.26. The summed E-state index contributed by atoms with van der Waals surface area (Å²) in [6, 6.07) is 12.0. The first-order valence-corrected chi connectivity index (χ1v) is 8.12. The molecule has 2 N–H and O–H groups in total. The molecule has 1 aromatic heterocycles. The van der Waals surface area contributed by atoms with Crippen molar-refractivity contribution in [2.75, 3.05) is 13.1 Å². The van der Waals surface area contributed by atoms with E-state index in [-0.39, 0.29) is 5.91 Å². The van der Waals surface area contributed by atoms with Crippen LogP contribution in [-0.2, 0) is 17.9 Å². The smallest absolute Gasteiger partial charge is 0.244 e. The van der Waals surface area contributed by atoms with Gasteiger partial charge in [0.05, 0.1) is 19.4 Å². The van der Waals surface area contributed by atoms with E-state index in [1.165, 1.54) is 11.6 Å². The average Bonchev–Trinajstić information content (AvgIpc) is 3.10. The minimum absolute atomic E-state index is 0.127. The van der Waals surface area contributed by atoms with Crippen LogP contribution in [-0.4, -0.2) is 19.0 Å². The summed E-state index contributed by atoms with van der Waals surface area (Å²) in [5.74, 6) is 0.543.